The Balaban J connectivity index is 1.82. The van der Waals surface area contributed by atoms with Crippen LogP contribution in [-0.2, 0) is 4.74 Å². The summed E-state index contributed by atoms with van der Waals surface area (Å²) in [5.74, 6) is 0.125. The molecule has 0 radical (unpaired) electrons. The van der Waals surface area contributed by atoms with Crippen LogP contribution in [0, 0.1) is 11.9 Å². The van der Waals surface area contributed by atoms with Gasteiger partial charge in [0, 0.05) is 19.1 Å². The third kappa shape index (κ3) is 2.42. The monoisotopic (exact) mass is 196 g/mol. The number of rotatable bonds is 3. The number of hydrogen-bond acceptors (Lipinski definition) is 3. The van der Waals surface area contributed by atoms with Crippen molar-refractivity contribution in [2.45, 2.75) is 6.42 Å². The summed E-state index contributed by atoms with van der Waals surface area (Å²) in [6, 6.07) is 3.05. The maximum absolute atomic E-state index is 12.5. The highest BCUT2D eigenvalue weighted by molar-refractivity contribution is 5.39. The van der Waals surface area contributed by atoms with Crippen LogP contribution in [0.15, 0.2) is 18.3 Å². The number of hydrogen-bond donors (Lipinski definition) is 1. The van der Waals surface area contributed by atoms with Crippen LogP contribution in [0.1, 0.15) is 6.42 Å². The van der Waals surface area contributed by atoms with Gasteiger partial charge in [0.2, 0.25) is 5.95 Å². The van der Waals surface area contributed by atoms with Crippen molar-refractivity contribution in [1.82, 2.24) is 4.98 Å². The molecule has 1 aliphatic heterocycles. The Kier molecular flexibility index (Phi) is 2.93. The van der Waals surface area contributed by atoms with Gasteiger partial charge in [-0.15, -0.1) is 0 Å². The van der Waals surface area contributed by atoms with E-state index in [0.29, 0.717) is 5.92 Å². The van der Waals surface area contributed by atoms with Gasteiger partial charge in [0.05, 0.1) is 18.5 Å². The maximum atomic E-state index is 12.5. The highest BCUT2D eigenvalue weighted by atomic mass is 19.1. The van der Waals surface area contributed by atoms with Crippen molar-refractivity contribution in [2.24, 2.45) is 5.92 Å². The first kappa shape index (κ1) is 9.40. The fraction of sp³-hybridized carbons (Fsp3) is 0.500. The fourth-order valence-corrected chi connectivity index (χ4v) is 1.49. The van der Waals surface area contributed by atoms with Gasteiger partial charge in [-0.1, -0.05) is 0 Å². The van der Waals surface area contributed by atoms with Crippen molar-refractivity contribution in [2.75, 3.05) is 25.1 Å². The third-order valence-electron chi connectivity index (χ3n) is 2.35. The Bertz CT molecular complexity index is 283. The zero-order valence-electron chi connectivity index (χ0n) is 7.87. The second kappa shape index (κ2) is 4.37. The van der Waals surface area contributed by atoms with Gasteiger partial charge in [0.15, 0.2) is 0 Å². The minimum absolute atomic E-state index is 0.445. The van der Waals surface area contributed by atoms with Crippen LogP contribution < -0.4 is 5.32 Å². The highest BCUT2D eigenvalue weighted by Gasteiger charge is 2.14. The first-order valence-electron chi connectivity index (χ1n) is 4.78. The second-order valence-corrected chi connectivity index (χ2v) is 3.48. The largest absolute Gasteiger partial charge is 0.383 e. The van der Waals surface area contributed by atoms with Crippen molar-refractivity contribution < 1.29 is 9.13 Å². The summed E-state index contributed by atoms with van der Waals surface area (Å²) in [5, 5.41) is 3.20. The van der Waals surface area contributed by atoms with Gasteiger partial charge < -0.3 is 10.1 Å². The van der Waals surface area contributed by atoms with Crippen LogP contribution >= 0.6 is 0 Å². The van der Waals surface area contributed by atoms with Crippen LogP contribution in [0.3, 0.4) is 0 Å². The topological polar surface area (TPSA) is 34.1 Å². The van der Waals surface area contributed by atoms with E-state index in [1.165, 1.54) is 12.3 Å². The minimum atomic E-state index is -0.445. The van der Waals surface area contributed by atoms with Gasteiger partial charge in [0.25, 0.3) is 0 Å². The van der Waals surface area contributed by atoms with E-state index in [2.05, 4.69) is 10.3 Å². The predicted molar refractivity (Wildman–Crippen MR) is 51.6 cm³/mol. The first-order valence-corrected chi connectivity index (χ1v) is 4.78. The van der Waals surface area contributed by atoms with Gasteiger partial charge in [-0.05, 0) is 18.6 Å². The number of nitrogens with zero attached hydrogens (tertiary/aromatic N) is 1. The van der Waals surface area contributed by atoms with E-state index in [1.807, 2.05) is 0 Å². The molecule has 0 aromatic carbocycles. The van der Waals surface area contributed by atoms with Crippen molar-refractivity contribution in [3.63, 3.8) is 0 Å². The molecule has 1 aromatic rings. The summed E-state index contributed by atoms with van der Waals surface area (Å²) in [6.07, 6.45) is 2.60. The zero-order valence-corrected chi connectivity index (χ0v) is 7.87. The zero-order chi connectivity index (χ0) is 9.80. The van der Waals surface area contributed by atoms with E-state index in [0.717, 1.165) is 31.9 Å². The van der Waals surface area contributed by atoms with Crippen LogP contribution in [0.5, 0.6) is 0 Å². The third-order valence-corrected chi connectivity index (χ3v) is 2.35. The standard InChI is InChI=1S/C10H13FN2O/c11-10-2-1-9(6-13-10)12-5-8-3-4-14-7-8/h1-2,6,8,12H,3-5,7H2. The van der Waals surface area contributed by atoms with Crippen molar-refractivity contribution in [1.29, 1.82) is 0 Å². The minimum Gasteiger partial charge on any atom is -0.383 e. The molecular formula is C10H13FN2O. The average Bonchev–Trinajstić information content (AvgIpc) is 2.70. The van der Waals surface area contributed by atoms with E-state index in [1.54, 1.807) is 6.07 Å². The molecule has 0 bridgehead atoms. The van der Waals surface area contributed by atoms with E-state index >= 15 is 0 Å². The molecule has 1 unspecified atom stereocenters. The summed E-state index contributed by atoms with van der Waals surface area (Å²) in [5.41, 5.74) is 0.860. The lowest BCUT2D eigenvalue weighted by Gasteiger charge is -2.09. The normalized spacial score (nSPS) is 21.1. The van der Waals surface area contributed by atoms with Crippen molar-refractivity contribution in [3.05, 3.63) is 24.3 Å². The molecule has 0 aliphatic carbocycles. The highest BCUT2D eigenvalue weighted by Crippen LogP contribution is 2.13. The number of anilines is 1. The van der Waals surface area contributed by atoms with Gasteiger partial charge in [-0.3, -0.25) is 0 Å². The first-order chi connectivity index (χ1) is 6.84. The molecule has 2 heterocycles. The molecule has 14 heavy (non-hydrogen) atoms. The molecule has 4 heteroatoms. The smallest absolute Gasteiger partial charge is 0.212 e. The Hall–Kier alpha value is -1.16. The molecule has 0 saturated carbocycles. The van der Waals surface area contributed by atoms with E-state index in [-0.39, 0.29) is 0 Å². The molecule has 1 aromatic heterocycles. The van der Waals surface area contributed by atoms with Gasteiger partial charge in [-0.25, -0.2) is 4.98 Å². The number of ether oxygens (including phenoxy) is 1. The fourth-order valence-electron chi connectivity index (χ4n) is 1.49. The molecule has 76 valence electrons. The van der Waals surface area contributed by atoms with Crippen molar-refractivity contribution >= 4 is 5.69 Å². The van der Waals surface area contributed by atoms with Crippen LogP contribution in [-0.4, -0.2) is 24.7 Å². The molecule has 1 saturated heterocycles. The van der Waals surface area contributed by atoms with E-state index in [4.69, 9.17) is 4.74 Å². The molecule has 0 amide bonds. The molecule has 1 N–H and O–H groups in total. The Morgan fingerprint density at radius 1 is 1.57 bits per heavy atom. The van der Waals surface area contributed by atoms with E-state index < -0.39 is 5.95 Å². The summed E-state index contributed by atoms with van der Waals surface area (Å²) in [6.45, 7) is 2.54. The Morgan fingerprint density at radius 3 is 3.14 bits per heavy atom. The molecule has 3 nitrogen and oxygen atoms in total. The molecule has 1 fully saturated rings. The summed E-state index contributed by atoms with van der Waals surface area (Å²) in [7, 11) is 0. The summed E-state index contributed by atoms with van der Waals surface area (Å²) in [4.78, 5) is 3.56. The number of aromatic nitrogens is 1. The van der Waals surface area contributed by atoms with Crippen LogP contribution in [0.25, 0.3) is 0 Å². The SMILES string of the molecule is Fc1ccc(NCC2CCOC2)cn1. The quantitative estimate of drug-likeness (QED) is 0.747. The van der Waals surface area contributed by atoms with Crippen LogP contribution in [0.4, 0.5) is 10.1 Å². The molecular weight excluding hydrogens is 183 g/mol. The van der Waals surface area contributed by atoms with Crippen molar-refractivity contribution in [3.8, 4) is 0 Å². The number of pyridine rings is 1. The lowest BCUT2D eigenvalue weighted by atomic mass is 10.1. The Morgan fingerprint density at radius 2 is 2.50 bits per heavy atom. The Labute approximate surface area is 82.3 Å². The predicted octanol–water partition coefficient (Wildman–Crippen LogP) is 1.67. The molecule has 0 spiro atoms. The maximum Gasteiger partial charge on any atom is 0.212 e. The number of nitrogens with one attached hydrogen (secondary N) is 1. The molecule has 1 atom stereocenters. The lowest BCUT2D eigenvalue weighted by molar-refractivity contribution is 0.187. The van der Waals surface area contributed by atoms with Gasteiger partial charge in [-0.2, -0.15) is 4.39 Å². The van der Waals surface area contributed by atoms with Crippen LogP contribution in [0.2, 0.25) is 0 Å². The average molecular weight is 196 g/mol. The summed E-state index contributed by atoms with van der Waals surface area (Å²) < 4.78 is 17.7. The lowest BCUT2D eigenvalue weighted by Crippen LogP contribution is -2.14. The summed E-state index contributed by atoms with van der Waals surface area (Å²) >= 11 is 0. The molecule has 1 aliphatic rings. The molecule has 2 rings (SSSR count). The van der Waals surface area contributed by atoms with Gasteiger partial charge in [0.1, 0.15) is 0 Å². The van der Waals surface area contributed by atoms with E-state index in [9.17, 15) is 4.39 Å². The second-order valence-electron chi connectivity index (χ2n) is 3.48. The van der Waals surface area contributed by atoms with Gasteiger partial charge >= 0.3 is 0 Å². The number of halogens is 1.